The molecule has 2 nitrogen and oxygen atoms in total. The summed E-state index contributed by atoms with van der Waals surface area (Å²) in [5.41, 5.74) is 0. The third-order valence-corrected chi connectivity index (χ3v) is 2.34. The summed E-state index contributed by atoms with van der Waals surface area (Å²) in [5, 5.41) is 0. The lowest BCUT2D eigenvalue weighted by atomic mass is 10.1. The van der Waals surface area contributed by atoms with Crippen molar-refractivity contribution in [3.63, 3.8) is 0 Å². The molecule has 1 aliphatic rings. The number of likely N-dealkylation sites (tertiary alicyclic amines) is 1. The summed E-state index contributed by atoms with van der Waals surface area (Å²) in [6, 6.07) is 0.621. The molecular formula is C10H20N2. The van der Waals surface area contributed by atoms with Crippen molar-refractivity contribution in [2.24, 2.45) is 4.99 Å². The van der Waals surface area contributed by atoms with Gasteiger partial charge in [0, 0.05) is 25.6 Å². The van der Waals surface area contributed by atoms with Gasteiger partial charge in [0.15, 0.2) is 0 Å². The number of aliphatic imine (C=N–C) groups is 1. The second-order valence-electron chi connectivity index (χ2n) is 3.63. The van der Waals surface area contributed by atoms with Crippen LogP contribution in [0.25, 0.3) is 0 Å². The van der Waals surface area contributed by atoms with Crippen molar-refractivity contribution < 1.29 is 0 Å². The zero-order valence-corrected chi connectivity index (χ0v) is 8.51. The van der Waals surface area contributed by atoms with Crippen molar-refractivity contribution in [3.05, 3.63) is 0 Å². The van der Waals surface area contributed by atoms with Crippen LogP contribution in [0.4, 0.5) is 0 Å². The molecule has 0 aliphatic carbocycles. The smallest absolute Gasteiger partial charge is 0.0991 e. The van der Waals surface area contributed by atoms with Crippen LogP contribution in [0, 0.1) is 0 Å². The van der Waals surface area contributed by atoms with Gasteiger partial charge in [0.05, 0.1) is 5.84 Å². The summed E-state index contributed by atoms with van der Waals surface area (Å²) >= 11 is 0. The SMILES string of the molecule is CC/N=C1/CCCCN1C(C)C. The molecule has 0 atom stereocenters. The number of rotatable bonds is 2. The Balaban J connectivity index is 2.60. The number of hydrogen-bond donors (Lipinski definition) is 0. The van der Waals surface area contributed by atoms with Gasteiger partial charge in [-0.2, -0.15) is 0 Å². The molecule has 1 heterocycles. The Morgan fingerprint density at radius 3 is 2.75 bits per heavy atom. The molecular weight excluding hydrogens is 148 g/mol. The van der Waals surface area contributed by atoms with Gasteiger partial charge in [0.1, 0.15) is 0 Å². The molecule has 1 saturated heterocycles. The van der Waals surface area contributed by atoms with Crippen molar-refractivity contribution >= 4 is 5.84 Å². The highest BCUT2D eigenvalue weighted by Crippen LogP contribution is 2.14. The fourth-order valence-electron chi connectivity index (χ4n) is 1.75. The summed E-state index contributed by atoms with van der Waals surface area (Å²) < 4.78 is 0. The van der Waals surface area contributed by atoms with Gasteiger partial charge in [-0.05, 0) is 33.6 Å². The first-order chi connectivity index (χ1) is 5.75. The van der Waals surface area contributed by atoms with E-state index >= 15 is 0 Å². The van der Waals surface area contributed by atoms with Crippen LogP contribution in [0.2, 0.25) is 0 Å². The van der Waals surface area contributed by atoms with Crippen LogP contribution in [0.5, 0.6) is 0 Å². The third-order valence-electron chi connectivity index (χ3n) is 2.34. The lowest BCUT2D eigenvalue weighted by molar-refractivity contribution is 0.312. The predicted molar refractivity (Wildman–Crippen MR) is 53.7 cm³/mol. The Morgan fingerprint density at radius 1 is 1.42 bits per heavy atom. The summed E-state index contributed by atoms with van der Waals surface area (Å²) in [6.45, 7) is 8.74. The van der Waals surface area contributed by atoms with Crippen LogP contribution in [0.1, 0.15) is 40.0 Å². The van der Waals surface area contributed by atoms with E-state index in [1.165, 1.54) is 31.6 Å². The fraction of sp³-hybridized carbons (Fsp3) is 0.900. The Bertz CT molecular complexity index is 161. The molecule has 0 spiro atoms. The zero-order valence-electron chi connectivity index (χ0n) is 8.51. The Hall–Kier alpha value is -0.530. The second kappa shape index (κ2) is 4.48. The molecule has 0 amide bonds. The van der Waals surface area contributed by atoms with Gasteiger partial charge in [0.2, 0.25) is 0 Å². The predicted octanol–water partition coefficient (Wildman–Crippen LogP) is 2.30. The maximum atomic E-state index is 4.53. The first-order valence-electron chi connectivity index (χ1n) is 5.05. The molecule has 0 aromatic heterocycles. The molecule has 12 heavy (non-hydrogen) atoms. The van der Waals surface area contributed by atoms with Gasteiger partial charge in [-0.3, -0.25) is 4.99 Å². The minimum atomic E-state index is 0.621. The average molecular weight is 168 g/mol. The monoisotopic (exact) mass is 168 g/mol. The van der Waals surface area contributed by atoms with E-state index in [1.807, 2.05) is 0 Å². The molecule has 1 fully saturated rings. The maximum Gasteiger partial charge on any atom is 0.0991 e. The normalized spacial score (nSPS) is 22.3. The molecule has 1 rings (SSSR count). The quantitative estimate of drug-likeness (QED) is 0.617. The third kappa shape index (κ3) is 2.23. The standard InChI is InChI=1S/C10H20N2/c1-4-11-10-7-5-6-8-12(10)9(2)3/h9H,4-8H2,1-3H3/b11-10-. The molecule has 0 N–H and O–H groups in total. The molecule has 0 saturated carbocycles. The Morgan fingerprint density at radius 2 is 2.17 bits per heavy atom. The number of piperidine rings is 1. The molecule has 70 valence electrons. The van der Waals surface area contributed by atoms with Crippen LogP contribution in [-0.4, -0.2) is 29.9 Å². The first-order valence-corrected chi connectivity index (χ1v) is 5.05. The number of amidine groups is 1. The maximum absolute atomic E-state index is 4.53. The van der Waals surface area contributed by atoms with Gasteiger partial charge < -0.3 is 4.90 Å². The van der Waals surface area contributed by atoms with E-state index in [4.69, 9.17) is 0 Å². The number of hydrogen-bond acceptors (Lipinski definition) is 1. The van der Waals surface area contributed by atoms with Crippen LogP contribution < -0.4 is 0 Å². The largest absolute Gasteiger partial charge is 0.358 e. The molecule has 1 aliphatic heterocycles. The fourth-order valence-corrected chi connectivity index (χ4v) is 1.75. The van der Waals surface area contributed by atoms with Gasteiger partial charge >= 0.3 is 0 Å². The van der Waals surface area contributed by atoms with E-state index in [0.29, 0.717) is 6.04 Å². The van der Waals surface area contributed by atoms with Crippen LogP contribution in [0.3, 0.4) is 0 Å². The van der Waals surface area contributed by atoms with Crippen LogP contribution >= 0.6 is 0 Å². The van der Waals surface area contributed by atoms with Crippen molar-refractivity contribution in [1.29, 1.82) is 0 Å². The second-order valence-corrected chi connectivity index (χ2v) is 3.63. The first kappa shape index (κ1) is 9.56. The minimum absolute atomic E-state index is 0.621. The molecule has 0 aromatic rings. The van der Waals surface area contributed by atoms with Gasteiger partial charge in [-0.25, -0.2) is 0 Å². The van der Waals surface area contributed by atoms with Crippen molar-refractivity contribution in [2.45, 2.75) is 46.1 Å². The van der Waals surface area contributed by atoms with Gasteiger partial charge in [0.25, 0.3) is 0 Å². The van der Waals surface area contributed by atoms with E-state index in [1.54, 1.807) is 0 Å². The highest BCUT2D eigenvalue weighted by Gasteiger charge is 2.17. The summed E-state index contributed by atoms with van der Waals surface area (Å²) in [4.78, 5) is 6.97. The van der Waals surface area contributed by atoms with Gasteiger partial charge in [-0.1, -0.05) is 0 Å². The highest BCUT2D eigenvalue weighted by atomic mass is 15.2. The molecule has 0 bridgehead atoms. The van der Waals surface area contributed by atoms with E-state index in [9.17, 15) is 0 Å². The van der Waals surface area contributed by atoms with Crippen molar-refractivity contribution in [1.82, 2.24) is 4.90 Å². The average Bonchev–Trinajstić information content (AvgIpc) is 2.05. The van der Waals surface area contributed by atoms with E-state index in [2.05, 4.69) is 30.7 Å². The number of nitrogens with zero attached hydrogens (tertiary/aromatic N) is 2. The molecule has 2 heteroatoms. The minimum Gasteiger partial charge on any atom is -0.358 e. The lowest BCUT2D eigenvalue weighted by Crippen LogP contribution is -2.40. The summed E-state index contributed by atoms with van der Waals surface area (Å²) in [6.07, 6.45) is 3.84. The van der Waals surface area contributed by atoms with Crippen molar-refractivity contribution in [2.75, 3.05) is 13.1 Å². The van der Waals surface area contributed by atoms with Crippen LogP contribution in [0.15, 0.2) is 4.99 Å². The van der Waals surface area contributed by atoms with E-state index < -0.39 is 0 Å². The Kier molecular flexibility index (Phi) is 3.57. The summed E-state index contributed by atoms with van der Waals surface area (Å²) in [7, 11) is 0. The molecule has 0 aromatic carbocycles. The molecule has 0 unspecified atom stereocenters. The Labute approximate surface area is 75.7 Å². The molecule has 0 radical (unpaired) electrons. The highest BCUT2D eigenvalue weighted by molar-refractivity contribution is 5.83. The van der Waals surface area contributed by atoms with E-state index in [0.717, 1.165) is 6.54 Å². The van der Waals surface area contributed by atoms with E-state index in [-0.39, 0.29) is 0 Å². The van der Waals surface area contributed by atoms with Gasteiger partial charge in [-0.15, -0.1) is 0 Å². The topological polar surface area (TPSA) is 15.6 Å². The zero-order chi connectivity index (χ0) is 8.97. The lowest BCUT2D eigenvalue weighted by Gasteiger charge is -2.33. The summed E-state index contributed by atoms with van der Waals surface area (Å²) in [5.74, 6) is 1.33. The van der Waals surface area contributed by atoms with Crippen molar-refractivity contribution in [3.8, 4) is 0 Å². The van der Waals surface area contributed by atoms with Crippen LogP contribution in [-0.2, 0) is 0 Å².